The van der Waals surface area contributed by atoms with Gasteiger partial charge in [0.25, 0.3) is 0 Å². The van der Waals surface area contributed by atoms with Crippen LogP contribution in [0.25, 0.3) is 0 Å². The Balaban J connectivity index is 2.05. The zero-order valence-corrected chi connectivity index (χ0v) is 12.8. The van der Waals surface area contributed by atoms with E-state index >= 15 is 0 Å². The van der Waals surface area contributed by atoms with Crippen LogP contribution in [0.4, 0.5) is 0 Å². The molecule has 0 aromatic carbocycles. The zero-order valence-electron chi connectivity index (χ0n) is 11.1. The van der Waals surface area contributed by atoms with Crippen LogP contribution >= 0.6 is 0 Å². The van der Waals surface area contributed by atoms with Gasteiger partial charge in [0.2, 0.25) is 20.0 Å². The lowest BCUT2D eigenvalue weighted by molar-refractivity contribution is 0.472. The molecule has 0 bridgehead atoms. The van der Waals surface area contributed by atoms with E-state index < -0.39 is 30.5 Å². The molecule has 0 amide bonds. The summed E-state index contributed by atoms with van der Waals surface area (Å²) in [6, 6.07) is 0. The Labute approximate surface area is 116 Å². The maximum Gasteiger partial charge on any atom is 0.245 e. The highest BCUT2D eigenvalue weighted by Crippen LogP contribution is 2.27. The van der Waals surface area contributed by atoms with Gasteiger partial charge in [0.1, 0.15) is 0 Å². The Morgan fingerprint density at radius 3 is 1.21 bits per heavy atom. The van der Waals surface area contributed by atoms with Crippen LogP contribution in [-0.2, 0) is 20.0 Å². The molecule has 2 saturated carbocycles. The Bertz CT molecular complexity index is 440. The van der Waals surface area contributed by atoms with Gasteiger partial charge >= 0.3 is 0 Å². The molecule has 0 unspecified atom stereocenters. The summed E-state index contributed by atoms with van der Waals surface area (Å²) < 4.78 is 51.7. The molecule has 111 valence electrons. The molecule has 2 aliphatic carbocycles. The van der Waals surface area contributed by atoms with Gasteiger partial charge in [-0.2, -0.15) is 0 Å². The van der Waals surface area contributed by atoms with Gasteiger partial charge in [0.05, 0.1) is 10.5 Å². The van der Waals surface area contributed by atoms with E-state index in [0.717, 1.165) is 38.5 Å². The summed E-state index contributed by atoms with van der Waals surface area (Å²) in [5.74, 6) is 0. The first-order valence-electron chi connectivity index (χ1n) is 7.14. The summed E-state index contributed by atoms with van der Waals surface area (Å²) in [5, 5.41) is -1.17. The maximum absolute atomic E-state index is 12.1. The lowest BCUT2D eigenvalue weighted by Gasteiger charge is -2.24. The number of hydrogen-bond donors (Lipinski definition) is 0. The molecular weight excluding hydrogens is 286 g/mol. The lowest BCUT2D eigenvalue weighted by Crippen LogP contribution is -2.39. The first-order valence-corrected chi connectivity index (χ1v) is 10.1. The largest absolute Gasteiger partial charge is 0.245 e. The van der Waals surface area contributed by atoms with Crippen LogP contribution in [0.3, 0.4) is 0 Å². The van der Waals surface area contributed by atoms with Crippen molar-refractivity contribution in [1.82, 2.24) is 4.13 Å². The van der Waals surface area contributed by atoms with Crippen molar-refractivity contribution in [2.45, 2.75) is 74.7 Å². The van der Waals surface area contributed by atoms with E-state index in [1.165, 1.54) is 0 Å². The fraction of sp³-hybridized carbons (Fsp3) is 1.00. The second kappa shape index (κ2) is 6.10. The second-order valence-corrected chi connectivity index (χ2v) is 9.61. The molecule has 0 saturated heterocycles. The molecule has 0 spiro atoms. The smallest absolute Gasteiger partial charge is 0.210 e. The van der Waals surface area contributed by atoms with Gasteiger partial charge in [0.15, 0.2) is 0 Å². The molecule has 19 heavy (non-hydrogen) atoms. The summed E-state index contributed by atoms with van der Waals surface area (Å²) in [5.41, 5.74) is 0. The van der Waals surface area contributed by atoms with Crippen LogP contribution in [0.5, 0.6) is 0 Å². The molecule has 0 aromatic heterocycles. The molecule has 0 N–H and O–H groups in total. The average molecular weight is 308 g/mol. The topological polar surface area (TPSA) is 82.4 Å². The molecule has 0 aliphatic heterocycles. The van der Waals surface area contributed by atoms with Crippen molar-refractivity contribution in [2.75, 3.05) is 0 Å². The Hall–Kier alpha value is -0.140. The second-order valence-electron chi connectivity index (χ2n) is 5.62. The molecular formula is C12H22NO4S2. The molecule has 5 nitrogen and oxygen atoms in total. The minimum absolute atomic E-state index is 0.548. The quantitative estimate of drug-likeness (QED) is 0.794. The molecule has 7 heteroatoms. The van der Waals surface area contributed by atoms with Crippen molar-refractivity contribution in [3.8, 4) is 0 Å². The zero-order chi connectivity index (χ0) is 13.9. The van der Waals surface area contributed by atoms with Gasteiger partial charge < -0.3 is 0 Å². The summed E-state index contributed by atoms with van der Waals surface area (Å²) in [7, 11) is -7.71. The van der Waals surface area contributed by atoms with Gasteiger partial charge in [-0.1, -0.05) is 38.5 Å². The van der Waals surface area contributed by atoms with Crippen LogP contribution in [0, 0.1) is 0 Å². The van der Waals surface area contributed by atoms with Crippen molar-refractivity contribution < 1.29 is 16.8 Å². The number of rotatable bonds is 4. The molecule has 0 aromatic rings. The monoisotopic (exact) mass is 308 g/mol. The third-order valence-corrected chi connectivity index (χ3v) is 8.44. The molecule has 2 fully saturated rings. The SMILES string of the molecule is O=S(=O)([N]S(=O)(=O)C1CCCCC1)C1CCCCC1. The van der Waals surface area contributed by atoms with Gasteiger partial charge in [-0.3, -0.25) is 0 Å². The fourth-order valence-electron chi connectivity index (χ4n) is 2.99. The summed E-state index contributed by atoms with van der Waals surface area (Å²) in [4.78, 5) is 0. The Morgan fingerprint density at radius 2 is 0.895 bits per heavy atom. The molecule has 2 rings (SSSR count). The molecule has 0 atom stereocenters. The first-order chi connectivity index (χ1) is 8.92. The number of nitrogens with zero attached hydrogens (tertiary/aromatic N) is 1. The summed E-state index contributed by atoms with van der Waals surface area (Å²) in [6.07, 6.45) is 7.65. The molecule has 1 radical (unpaired) electrons. The van der Waals surface area contributed by atoms with Crippen molar-refractivity contribution in [3.05, 3.63) is 0 Å². The van der Waals surface area contributed by atoms with Gasteiger partial charge in [-0.25, -0.2) is 16.8 Å². The predicted molar refractivity (Wildman–Crippen MR) is 73.7 cm³/mol. The lowest BCUT2D eigenvalue weighted by atomic mass is 10.0. The normalized spacial score (nSPS) is 24.4. The van der Waals surface area contributed by atoms with E-state index in [1.807, 2.05) is 0 Å². The Kier molecular flexibility index (Phi) is 4.89. The van der Waals surface area contributed by atoms with E-state index in [0.29, 0.717) is 25.7 Å². The number of hydrogen-bond acceptors (Lipinski definition) is 4. The summed E-state index contributed by atoms with van der Waals surface area (Å²) in [6.45, 7) is 0. The fourth-order valence-corrected chi connectivity index (χ4v) is 6.98. The van der Waals surface area contributed by atoms with Crippen LogP contribution < -0.4 is 4.13 Å². The minimum Gasteiger partial charge on any atom is -0.210 e. The van der Waals surface area contributed by atoms with Crippen LogP contribution in [0.1, 0.15) is 64.2 Å². The third kappa shape index (κ3) is 3.92. The average Bonchev–Trinajstić information content (AvgIpc) is 2.40. The maximum atomic E-state index is 12.1. The predicted octanol–water partition coefficient (Wildman–Crippen LogP) is 1.92. The van der Waals surface area contributed by atoms with Crippen LogP contribution in [0.15, 0.2) is 0 Å². The van der Waals surface area contributed by atoms with Crippen molar-refractivity contribution >= 4 is 20.0 Å². The van der Waals surface area contributed by atoms with Gasteiger partial charge in [-0.05, 0) is 25.7 Å². The molecule has 0 heterocycles. The van der Waals surface area contributed by atoms with E-state index in [4.69, 9.17) is 0 Å². The van der Waals surface area contributed by atoms with E-state index in [9.17, 15) is 16.8 Å². The highest BCUT2D eigenvalue weighted by Gasteiger charge is 2.37. The molecule has 2 aliphatic rings. The van der Waals surface area contributed by atoms with E-state index in [-0.39, 0.29) is 0 Å². The van der Waals surface area contributed by atoms with Crippen molar-refractivity contribution in [2.24, 2.45) is 0 Å². The van der Waals surface area contributed by atoms with Crippen LogP contribution in [-0.4, -0.2) is 27.3 Å². The Morgan fingerprint density at radius 1 is 0.579 bits per heavy atom. The van der Waals surface area contributed by atoms with Gasteiger partial charge in [-0.15, -0.1) is 0 Å². The minimum atomic E-state index is -3.85. The third-order valence-electron chi connectivity index (χ3n) is 4.15. The van der Waals surface area contributed by atoms with Crippen LogP contribution in [0.2, 0.25) is 0 Å². The van der Waals surface area contributed by atoms with Crippen molar-refractivity contribution in [1.29, 1.82) is 0 Å². The standard InChI is InChI=1S/C12H22NO4S2/c14-18(15,11-7-3-1-4-8-11)13-19(16,17)12-9-5-2-6-10-12/h11-12H,1-10H2. The van der Waals surface area contributed by atoms with E-state index in [2.05, 4.69) is 4.13 Å². The highest BCUT2D eigenvalue weighted by atomic mass is 32.3. The van der Waals surface area contributed by atoms with Gasteiger partial charge in [0, 0.05) is 4.13 Å². The highest BCUT2D eigenvalue weighted by molar-refractivity contribution is 8.05. The van der Waals surface area contributed by atoms with E-state index in [1.54, 1.807) is 0 Å². The number of sulfonamides is 2. The van der Waals surface area contributed by atoms with Crippen molar-refractivity contribution in [3.63, 3.8) is 0 Å². The summed E-state index contributed by atoms with van der Waals surface area (Å²) >= 11 is 0. The first kappa shape index (κ1) is 15.3.